The van der Waals surface area contributed by atoms with Gasteiger partial charge in [-0.05, 0) is 43.8 Å². The third-order valence-corrected chi connectivity index (χ3v) is 4.36. The van der Waals surface area contributed by atoms with Crippen molar-refractivity contribution in [2.75, 3.05) is 14.1 Å². The molecule has 2 aromatic heterocycles. The summed E-state index contributed by atoms with van der Waals surface area (Å²) in [7, 11) is 4.07. The molecule has 0 spiro atoms. The van der Waals surface area contributed by atoms with Crippen molar-refractivity contribution >= 4 is 5.91 Å². The first-order chi connectivity index (χ1) is 13.1. The molecule has 140 valence electrons. The highest BCUT2D eigenvalue weighted by molar-refractivity contribution is 5.95. The molecule has 0 saturated carbocycles. The summed E-state index contributed by atoms with van der Waals surface area (Å²) in [5.41, 5.74) is 3.78. The molecule has 27 heavy (non-hydrogen) atoms. The van der Waals surface area contributed by atoms with Crippen molar-refractivity contribution in [3.8, 4) is 5.82 Å². The molecule has 1 N–H and O–H groups in total. The van der Waals surface area contributed by atoms with Crippen LogP contribution in [0.2, 0.25) is 0 Å². The minimum atomic E-state index is -0.117. The quantitative estimate of drug-likeness (QED) is 0.701. The van der Waals surface area contributed by atoms with E-state index in [0.29, 0.717) is 24.3 Å². The van der Waals surface area contributed by atoms with Crippen LogP contribution in [0.3, 0.4) is 0 Å². The van der Waals surface area contributed by atoms with E-state index < -0.39 is 0 Å². The molecular formula is C21H25N5O. The van der Waals surface area contributed by atoms with E-state index in [2.05, 4.69) is 32.4 Å². The molecule has 0 fully saturated rings. The van der Waals surface area contributed by atoms with Crippen LogP contribution in [0.5, 0.6) is 0 Å². The fourth-order valence-corrected chi connectivity index (χ4v) is 3.08. The Morgan fingerprint density at radius 2 is 1.85 bits per heavy atom. The molecule has 0 aliphatic rings. The van der Waals surface area contributed by atoms with Gasteiger partial charge in [-0.1, -0.05) is 37.3 Å². The van der Waals surface area contributed by atoms with E-state index in [1.54, 1.807) is 17.1 Å². The first-order valence-corrected chi connectivity index (χ1v) is 9.08. The van der Waals surface area contributed by atoms with Crippen LogP contribution in [-0.4, -0.2) is 39.7 Å². The van der Waals surface area contributed by atoms with Gasteiger partial charge in [0.2, 0.25) is 0 Å². The van der Waals surface area contributed by atoms with Crippen molar-refractivity contribution in [3.63, 3.8) is 0 Å². The van der Waals surface area contributed by atoms with Gasteiger partial charge in [0, 0.05) is 19.3 Å². The van der Waals surface area contributed by atoms with Crippen LogP contribution < -0.4 is 5.32 Å². The van der Waals surface area contributed by atoms with Crippen LogP contribution >= 0.6 is 0 Å². The molecule has 0 radical (unpaired) electrons. The second kappa shape index (κ2) is 8.60. The molecule has 6 nitrogen and oxygen atoms in total. The molecule has 3 rings (SSSR count). The van der Waals surface area contributed by atoms with Crippen molar-refractivity contribution in [1.29, 1.82) is 0 Å². The number of carbonyl (C=O) groups excluding carboxylic acids is 1. The average molecular weight is 363 g/mol. The number of aromatic nitrogens is 3. The Morgan fingerprint density at radius 1 is 1.11 bits per heavy atom. The molecule has 1 amide bonds. The molecule has 0 saturated heterocycles. The summed E-state index contributed by atoms with van der Waals surface area (Å²) in [4.78, 5) is 19.2. The van der Waals surface area contributed by atoms with Gasteiger partial charge in [-0.3, -0.25) is 4.79 Å². The Balaban J connectivity index is 1.77. The molecule has 1 aromatic carbocycles. The molecule has 0 bridgehead atoms. The Hall–Kier alpha value is -2.99. The lowest BCUT2D eigenvalue weighted by Crippen LogP contribution is -2.25. The summed E-state index contributed by atoms with van der Waals surface area (Å²) in [6.45, 7) is 3.34. The largest absolute Gasteiger partial charge is 0.348 e. The van der Waals surface area contributed by atoms with Crippen LogP contribution in [0.4, 0.5) is 0 Å². The minimum Gasteiger partial charge on any atom is -0.348 e. The number of hydrogen-bond acceptors (Lipinski definition) is 4. The third kappa shape index (κ3) is 4.41. The zero-order valence-corrected chi connectivity index (χ0v) is 16.0. The van der Waals surface area contributed by atoms with E-state index >= 15 is 0 Å². The zero-order valence-electron chi connectivity index (χ0n) is 16.0. The Kier molecular flexibility index (Phi) is 5.98. The number of hydrogen-bond donors (Lipinski definition) is 1. The number of nitrogens with one attached hydrogen (secondary N) is 1. The van der Waals surface area contributed by atoms with Crippen LogP contribution in [0.1, 0.15) is 34.1 Å². The lowest BCUT2D eigenvalue weighted by Gasteiger charge is -2.14. The SMILES string of the molecule is CCc1c(C(=O)NCc2ccccc2CN(C)C)cnn1-c1ccccn1. The van der Waals surface area contributed by atoms with E-state index in [0.717, 1.165) is 17.8 Å². The predicted molar refractivity (Wildman–Crippen MR) is 106 cm³/mol. The van der Waals surface area contributed by atoms with E-state index in [-0.39, 0.29) is 5.91 Å². The standard InChI is InChI=1S/C21H25N5O/c1-4-19-18(14-24-26(19)20-11-7-8-12-22-20)21(27)23-13-16-9-5-6-10-17(16)15-25(2)3/h5-12,14H,4,13,15H2,1-3H3,(H,23,27). The third-order valence-electron chi connectivity index (χ3n) is 4.36. The van der Waals surface area contributed by atoms with Gasteiger partial charge in [0.05, 0.1) is 17.5 Å². The second-order valence-electron chi connectivity index (χ2n) is 6.65. The van der Waals surface area contributed by atoms with Crippen LogP contribution in [-0.2, 0) is 19.5 Å². The van der Waals surface area contributed by atoms with Crippen molar-refractivity contribution in [2.24, 2.45) is 0 Å². The van der Waals surface area contributed by atoms with E-state index in [1.807, 2.05) is 51.4 Å². The van der Waals surface area contributed by atoms with Gasteiger partial charge in [0.1, 0.15) is 0 Å². The van der Waals surface area contributed by atoms with Crippen molar-refractivity contribution in [3.05, 3.63) is 77.2 Å². The van der Waals surface area contributed by atoms with Gasteiger partial charge in [-0.2, -0.15) is 5.10 Å². The topological polar surface area (TPSA) is 63.1 Å². The molecule has 2 heterocycles. The van der Waals surface area contributed by atoms with E-state index in [9.17, 15) is 4.79 Å². The maximum absolute atomic E-state index is 12.8. The van der Waals surface area contributed by atoms with E-state index in [1.165, 1.54) is 5.56 Å². The van der Waals surface area contributed by atoms with Gasteiger partial charge in [-0.15, -0.1) is 0 Å². The van der Waals surface area contributed by atoms with Gasteiger partial charge in [-0.25, -0.2) is 9.67 Å². The first kappa shape index (κ1) is 18.8. The van der Waals surface area contributed by atoms with Gasteiger partial charge < -0.3 is 10.2 Å². The minimum absolute atomic E-state index is 0.117. The molecular weight excluding hydrogens is 338 g/mol. The number of rotatable bonds is 7. The Bertz CT molecular complexity index is 902. The second-order valence-corrected chi connectivity index (χ2v) is 6.65. The summed E-state index contributed by atoms with van der Waals surface area (Å²) in [5.74, 6) is 0.596. The Morgan fingerprint density at radius 3 is 2.52 bits per heavy atom. The number of benzene rings is 1. The van der Waals surface area contributed by atoms with Crippen LogP contribution in [0, 0.1) is 0 Å². The predicted octanol–water partition coefficient (Wildman–Crippen LogP) is 2.82. The molecule has 0 aliphatic carbocycles. The summed E-state index contributed by atoms with van der Waals surface area (Å²) < 4.78 is 1.73. The molecule has 0 unspecified atom stereocenters. The van der Waals surface area contributed by atoms with E-state index in [4.69, 9.17) is 0 Å². The smallest absolute Gasteiger partial charge is 0.255 e. The fraction of sp³-hybridized carbons (Fsp3) is 0.286. The van der Waals surface area contributed by atoms with Crippen molar-refractivity contribution < 1.29 is 4.79 Å². The maximum Gasteiger partial charge on any atom is 0.255 e. The van der Waals surface area contributed by atoms with Crippen LogP contribution in [0.25, 0.3) is 5.82 Å². The summed E-state index contributed by atoms with van der Waals surface area (Å²) >= 11 is 0. The number of pyridine rings is 1. The highest BCUT2D eigenvalue weighted by Gasteiger charge is 2.17. The summed E-state index contributed by atoms with van der Waals surface area (Å²) in [6, 6.07) is 13.8. The molecule has 0 atom stereocenters. The summed E-state index contributed by atoms with van der Waals surface area (Å²) in [5, 5.41) is 7.41. The average Bonchev–Trinajstić information content (AvgIpc) is 3.11. The normalized spacial score (nSPS) is 11.0. The highest BCUT2D eigenvalue weighted by Crippen LogP contribution is 2.15. The van der Waals surface area contributed by atoms with Crippen LogP contribution in [0.15, 0.2) is 54.9 Å². The van der Waals surface area contributed by atoms with Gasteiger partial charge in [0.15, 0.2) is 5.82 Å². The molecule has 3 aromatic rings. The fourth-order valence-electron chi connectivity index (χ4n) is 3.08. The highest BCUT2D eigenvalue weighted by atomic mass is 16.1. The number of carbonyl (C=O) groups is 1. The molecule has 6 heteroatoms. The summed E-state index contributed by atoms with van der Waals surface area (Å²) in [6.07, 6.45) is 4.03. The van der Waals surface area contributed by atoms with Crippen molar-refractivity contribution in [2.45, 2.75) is 26.4 Å². The lowest BCUT2D eigenvalue weighted by atomic mass is 10.1. The number of amides is 1. The Labute approximate surface area is 159 Å². The number of nitrogens with zero attached hydrogens (tertiary/aromatic N) is 4. The lowest BCUT2D eigenvalue weighted by molar-refractivity contribution is 0.0950. The molecule has 0 aliphatic heterocycles. The monoisotopic (exact) mass is 363 g/mol. The maximum atomic E-state index is 12.8. The zero-order chi connectivity index (χ0) is 19.2. The first-order valence-electron chi connectivity index (χ1n) is 9.08. The van der Waals surface area contributed by atoms with Gasteiger partial charge in [0.25, 0.3) is 5.91 Å². The van der Waals surface area contributed by atoms with Crippen molar-refractivity contribution in [1.82, 2.24) is 25.0 Å². The van der Waals surface area contributed by atoms with Gasteiger partial charge >= 0.3 is 0 Å².